The summed E-state index contributed by atoms with van der Waals surface area (Å²) in [5.74, 6) is 2.76. The van der Waals surface area contributed by atoms with Gasteiger partial charge in [0.1, 0.15) is 12.4 Å². The van der Waals surface area contributed by atoms with Crippen LogP contribution in [-0.4, -0.2) is 24.5 Å². The van der Waals surface area contributed by atoms with Gasteiger partial charge in [0.25, 0.3) is 0 Å². The summed E-state index contributed by atoms with van der Waals surface area (Å²) in [6.45, 7) is 13.8. The zero-order valence-electron chi connectivity index (χ0n) is 18.3. The second-order valence-electron chi connectivity index (χ2n) is 9.78. The van der Waals surface area contributed by atoms with E-state index in [1.54, 1.807) is 5.57 Å². The molecule has 0 N–H and O–H groups in total. The average Bonchev–Trinajstić information content (AvgIpc) is 3.26. The number of nitrogens with zero attached hydrogens (tertiary/aromatic N) is 1. The Kier molecular flexibility index (Phi) is 4.58. The normalized spacial score (nSPS) is 29.0. The molecule has 2 heteroatoms. The van der Waals surface area contributed by atoms with Gasteiger partial charge in [-0.3, -0.25) is 0 Å². The Bertz CT molecular complexity index is 954. The van der Waals surface area contributed by atoms with Gasteiger partial charge in [-0.1, -0.05) is 68.3 Å². The number of hydrogen-bond donors (Lipinski definition) is 0. The fourth-order valence-corrected chi connectivity index (χ4v) is 5.64. The molecule has 2 nitrogen and oxygen atoms in total. The molecule has 0 spiro atoms. The van der Waals surface area contributed by atoms with Gasteiger partial charge in [0.05, 0.1) is 0 Å². The maximum atomic E-state index is 6.23. The van der Waals surface area contributed by atoms with Crippen LogP contribution in [0.4, 0.5) is 0 Å². The highest BCUT2D eigenvalue weighted by Gasteiger charge is 2.55. The second kappa shape index (κ2) is 7.02. The summed E-state index contributed by atoms with van der Waals surface area (Å²) in [6, 6.07) is 15.5. The summed E-state index contributed by atoms with van der Waals surface area (Å²) in [7, 11) is 0. The third-order valence-electron chi connectivity index (χ3n) is 8.17. The molecule has 2 aromatic carbocycles. The minimum Gasteiger partial charge on any atom is -0.488 e. The van der Waals surface area contributed by atoms with Gasteiger partial charge in [-0.2, -0.15) is 0 Å². The van der Waals surface area contributed by atoms with E-state index in [0.29, 0.717) is 12.0 Å². The predicted molar refractivity (Wildman–Crippen MR) is 120 cm³/mol. The van der Waals surface area contributed by atoms with Crippen molar-refractivity contribution in [2.45, 2.75) is 47.1 Å². The molecule has 0 amide bonds. The molecule has 2 atom stereocenters. The van der Waals surface area contributed by atoms with Gasteiger partial charge in [0.15, 0.2) is 0 Å². The van der Waals surface area contributed by atoms with Crippen molar-refractivity contribution in [3.8, 4) is 5.75 Å². The van der Waals surface area contributed by atoms with Crippen LogP contribution in [0.5, 0.6) is 5.75 Å². The van der Waals surface area contributed by atoms with Crippen LogP contribution in [0.3, 0.4) is 0 Å². The van der Waals surface area contributed by atoms with Crippen molar-refractivity contribution in [3.05, 3.63) is 70.3 Å². The van der Waals surface area contributed by atoms with E-state index < -0.39 is 0 Å². The molecule has 5 rings (SSSR count). The summed E-state index contributed by atoms with van der Waals surface area (Å²) in [5.41, 5.74) is 8.84. The molecule has 1 saturated heterocycles. The summed E-state index contributed by atoms with van der Waals surface area (Å²) < 4.78 is 6.23. The maximum absolute atomic E-state index is 6.23. The molecule has 1 aliphatic carbocycles. The first-order chi connectivity index (χ1) is 14.0. The number of likely N-dealkylation sites (tertiary alicyclic amines) is 1. The van der Waals surface area contributed by atoms with Crippen molar-refractivity contribution in [2.75, 3.05) is 19.6 Å². The first-order valence-corrected chi connectivity index (χ1v) is 11.2. The van der Waals surface area contributed by atoms with E-state index in [4.69, 9.17) is 4.74 Å². The largest absolute Gasteiger partial charge is 0.488 e. The third-order valence-corrected chi connectivity index (χ3v) is 8.17. The fraction of sp³-hybridized carbons (Fsp3) is 0.481. The van der Waals surface area contributed by atoms with Gasteiger partial charge in [0, 0.05) is 25.2 Å². The van der Waals surface area contributed by atoms with Gasteiger partial charge < -0.3 is 9.64 Å². The molecule has 2 aromatic rings. The quantitative estimate of drug-likeness (QED) is 0.619. The van der Waals surface area contributed by atoms with Crippen molar-refractivity contribution < 1.29 is 4.74 Å². The van der Waals surface area contributed by atoms with Gasteiger partial charge in [-0.15, -0.1) is 0 Å². The van der Waals surface area contributed by atoms with E-state index in [1.165, 1.54) is 47.5 Å². The van der Waals surface area contributed by atoms with Crippen molar-refractivity contribution in [3.63, 3.8) is 0 Å². The number of benzene rings is 2. The van der Waals surface area contributed by atoms with Crippen LogP contribution in [0.15, 0.2) is 48.0 Å². The standard InChI is InChI=1S/C27H33NO/c1-18-9-10-23-22(15-18)16-29-25-8-6-5-7-24(25)26(23)21-11-13-28(14-12-21)17-27(4)19(2)20(27)3/h5-10,15,19-20H,11-14,16-17H2,1-4H3. The van der Waals surface area contributed by atoms with Gasteiger partial charge in [-0.05, 0) is 59.8 Å². The van der Waals surface area contributed by atoms with E-state index in [2.05, 4.69) is 75.1 Å². The topological polar surface area (TPSA) is 12.5 Å². The third kappa shape index (κ3) is 3.22. The summed E-state index contributed by atoms with van der Waals surface area (Å²) in [5, 5.41) is 0. The van der Waals surface area contributed by atoms with Crippen molar-refractivity contribution >= 4 is 5.57 Å². The Hall–Kier alpha value is -2.06. The Balaban J connectivity index is 1.48. The first-order valence-electron chi connectivity index (χ1n) is 11.2. The van der Waals surface area contributed by atoms with E-state index in [0.717, 1.165) is 30.4 Å². The number of aryl methyl sites for hydroxylation is 1. The number of hydrogen-bond acceptors (Lipinski definition) is 2. The molecule has 0 radical (unpaired) electrons. The molecular weight excluding hydrogens is 354 g/mol. The number of fused-ring (bicyclic) bond motifs is 2. The minimum absolute atomic E-state index is 0.525. The lowest BCUT2D eigenvalue weighted by Crippen LogP contribution is -2.36. The summed E-state index contributed by atoms with van der Waals surface area (Å²) in [6.07, 6.45) is 2.33. The Morgan fingerprint density at radius 2 is 1.72 bits per heavy atom. The highest BCUT2D eigenvalue weighted by molar-refractivity contribution is 5.87. The average molecular weight is 388 g/mol. The van der Waals surface area contributed by atoms with Crippen molar-refractivity contribution in [1.82, 2.24) is 4.90 Å². The number of para-hydroxylation sites is 1. The Labute approximate surface area is 175 Å². The van der Waals surface area contributed by atoms with Crippen LogP contribution in [0.1, 0.15) is 55.9 Å². The fourth-order valence-electron chi connectivity index (χ4n) is 5.64. The van der Waals surface area contributed by atoms with E-state index >= 15 is 0 Å². The van der Waals surface area contributed by atoms with E-state index in [9.17, 15) is 0 Å². The van der Waals surface area contributed by atoms with Crippen LogP contribution < -0.4 is 4.74 Å². The Morgan fingerprint density at radius 3 is 2.45 bits per heavy atom. The number of piperidine rings is 1. The molecular formula is C27H33NO. The van der Waals surface area contributed by atoms with Crippen LogP contribution in [0, 0.1) is 24.2 Å². The second-order valence-corrected chi connectivity index (χ2v) is 9.78. The highest BCUT2D eigenvalue weighted by atomic mass is 16.5. The highest BCUT2D eigenvalue weighted by Crippen LogP contribution is 2.58. The molecule has 2 unspecified atom stereocenters. The molecule has 29 heavy (non-hydrogen) atoms. The van der Waals surface area contributed by atoms with Crippen molar-refractivity contribution in [2.24, 2.45) is 17.3 Å². The van der Waals surface area contributed by atoms with Crippen LogP contribution >= 0.6 is 0 Å². The smallest absolute Gasteiger partial charge is 0.127 e. The van der Waals surface area contributed by atoms with Crippen molar-refractivity contribution in [1.29, 1.82) is 0 Å². The zero-order chi connectivity index (χ0) is 20.2. The molecule has 152 valence electrons. The Morgan fingerprint density at radius 1 is 1.00 bits per heavy atom. The molecule has 2 fully saturated rings. The zero-order valence-corrected chi connectivity index (χ0v) is 18.3. The van der Waals surface area contributed by atoms with Crippen LogP contribution in [-0.2, 0) is 6.61 Å². The molecule has 2 aliphatic heterocycles. The van der Waals surface area contributed by atoms with E-state index in [-0.39, 0.29) is 0 Å². The summed E-state index contributed by atoms with van der Waals surface area (Å²) in [4.78, 5) is 2.71. The van der Waals surface area contributed by atoms with Gasteiger partial charge in [0.2, 0.25) is 0 Å². The predicted octanol–water partition coefficient (Wildman–Crippen LogP) is 6.08. The van der Waals surface area contributed by atoms with Crippen LogP contribution in [0.25, 0.3) is 5.57 Å². The summed E-state index contributed by atoms with van der Waals surface area (Å²) >= 11 is 0. The molecule has 2 heterocycles. The monoisotopic (exact) mass is 387 g/mol. The lowest BCUT2D eigenvalue weighted by atomic mass is 9.86. The molecule has 3 aliphatic rings. The molecule has 1 saturated carbocycles. The lowest BCUT2D eigenvalue weighted by molar-refractivity contribution is 0.202. The first kappa shape index (κ1) is 18.9. The van der Waals surface area contributed by atoms with Gasteiger partial charge >= 0.3 is 0 Å². The molecule has 0 bridgehead atoms. The lowest BCUT2D eigenvalue weighted by Gasteiger charge is -2.32. The maximum Gasteiger partial charge on any atom is 0.127 e. The number of ether oxygens (including phenoxy) is 1. The number of rotatable bonds is 2. The van der Waals surface area contributed by atoms with Crippen LogP contribution in [0.2, 0.25) is 0 Å². The molecule has 0 aromatic heterocycles. The minimum atomic E-state index is 0.525. The van der Waals surface area contributed by atoms with E-state index in [1.807, 2.05) is 0 Å². The SMILES string of the molecule is Cc1ccc2c(c1)COc1ccccc1C2=C1CCN(CC2(C)C(C)C2C)CC1. The van der Waals surface area contributed by atoms with Gasteiger partial charge in [-0.25, -0.2) is 0 Å².